The normalized spacial score (nSPS) is 12.1. The maximum absolute atomic E-state index is 9.93. The molecular weight excluding hydrogens is 306 g/mol. The van der Waals surface area contributed by atoms with E-state index in [0.29, 0.717) is 17.2 Å². The van der Waals surface area contributed by atoms with Crippen LogP contribution >= 0.6 is 23.4 Å². The molecule has 0 aliphatic rings. The van der Waals surface area contributed by atoms with E-state index in [4.69, 9.17) is 22.1 Å². The Labute approximate surface area is 134 Å². The lowest BCUT2D eigenvalue weighted by Gasteiger charge is -2.13. The van der Waals surface area contributed by atoms with Gasteiger partial charge in [-0.25, -0.2) is 0 Å². The molecule has 0 spiro atoms. The van der Waals surface area contributed by atoms with E-state index in [2.05, 4.69) is 0 Å². The van der Waals surface area contributed by atoms with Crippen molar-refractivity contribution in [2.45, 2.75) is 11.9 Å². The fraction of sp³-hybridized carbons (Fsp3) is 0.250. The fourth-order valence-corrected chi connectivity index (χ4v) is 3.01. The molecule has 3 nitrogen and oxygen atoms in total. The van der Waals surface area contributed by atoms with Crippen molar-refractivity contribution >= 4 is 29.1 Å². The predicted molar refractivity (Wildman–Crippen MR) is 90.0 cm³/mol. The van der Waals surface area contributed by atoms with E-state index in [0.717, 1.165) is 16.3 Å². The maximum Gasteiger partial charge on any atom is 0.142 e. The molecule has 1 unspecified atom stereocenters. The highest BCUT2D eigenvalue weighted by Gasteiger charge is 2.08. The highest BCUT2D eigenvalue weighted by Crippen LogP contribution is 2.22. The lowest BCUT2D eigenvalue weighted by atomic mass is 10.2. The quantitative estimate of drug-likeness (QED) is 0.764. The average Bonchev–Trinajstić information content (AvgIpc) is 2.48. The van der Waals surface area contributed by atoms with Gasteiger partial charge in [0, 0.05) is 16.5 Å². The van der Waals surface area contributed by atoms with E-state index in [9.17, 15) is 5.11 Å². The minimum Gasteiger partial charge on any atom is -0.489 e. The number of para-hydroxylation sites is 2. The molecule has 0 aromatic heterocycles. The van der Waals surface area contributed by atoms with Gasteiger partial charge in [-0.15, -0.1) is 0 Å². The first-order valence-corrected chi connectivity index (χ1v) is 8.16. The Balaban J connectivity index is 1.72. The van der Waals surface area contributed by atoms with Crippen molar-refractivity contribution in [3.63, 3.8) is 0 Å². The molecule has 2 rings (SSSR count). The molecule has 0 fully saturated rings. The van der Waals surface area contributed by atoms with Crippen molar-refractivity contribution in [2.24, 2.45) is 0 Å². The van der Waals surface area contributed by atoms with Gasteiger partial charge in [0.2, 0.25) is 0 Å². The molecule has 0 heterocycles. The summed E-state index contributed by atoms with van der Waals surface area (Å²) in [6.07, 6.45) is -0.544. The zero-order chi connectivity index (χ0) is 15.1. The van der Waals surface area contributed by atoms with Crippen LogP contribution in [0.25, 0.3) is 0 Å². The van der Waals surface area contributed by atoms with E-state index in [1.807, 2.05) is 36.4 Å². The van der Waals surface area contributed by atoms with Crippen molar-refractivity contribution in [1.29, 1.82) is 0 Å². The molecule has 0 saturated carbocycles. The summed E-state index contributed by atoms with van der Waals surface area (Å²) in [5.74, 6) is 1.95. The summed E-state index contributed by atoms with van der Waals surface area (Å²) in [4.78, 5) is 0. The zero-order valence-electron chi connectivity index (χ0n) is 11.5. The molecule has 2 aromatic carbocycles. The van der Waals surface area contributed by atoms with Crippen LogP contribution in [-0.2, 0) is 5.75 Å². The summed E-state index contributed by atoms with van der Waals surface area (Å²) < 4.78 is 5.51. The van der Waals surface area contributed by atoms with E-state index >= 15 is 0 Å². The first kappa shape index (κ1) is 16.0. The molecule has 0 amide bonds. The van der Waals surface area contributed by atoms with Gasteiger partial charge in [0.1, 0.15) is 12.4 Å². The molecule has 0 saturated heterocycles. The van der Waals surface area contributed by atoms with Gasteiger partial charge in [0.15, 0.2) is 0 Å². The van der Waals surface area contributed by atoms with Gasteiger partial charge >= 0.3 is 0 Å². The number of aliphatic hydroxyl groups excluding tert-OH is 1. The van der Waals surface area contributed by atoms with E-state index in [-0.39, 0.29) is 6.61 Å². The molecule has 5 heteroatoms. The second-order valence-electron chi connectivity index (χ2n) is 4.61. The number of halogens is 1. The van der Waals surface area contributed by atoms with Gasteiger partial charge in [-0.2, -0.15) is 11.8 Å². The molecule has 21 heavy (non-hydrogen) atoms. The summed E-state index contributed by atoms with van der Waals surface area (Å²) in [6.45, 7) is 0.226. The highest BCUT2D eigenvalue weighted by molar-refractivity contribution is 7.98. The Hall–Kier alpha value is -1.36. The Kier molecular flexibility index (Phi) is 6.23. The van der Waals surface area contributed by atoms with E-state index in [1.54, 1.807) is 23.9 Å². The van der Waals surface area contributed by atoms with Crippen LogP contribution in [0.5, 0.6) is 5.75 Å². The number of nitrogen functional groups attached to an aromatic ring is 1. The second-order valence-corrected chi connectivity index (χ2v) is 6.05. The van der Waals surface area contributed by atoms with Crippen LogP contribution in [-0.4, -0.2) is 23.6 Å². The van der Waals surface area contributed by atoms with Crippen LogP contribution in [0.4, 0.5) is 5.69 Å². The van der Waals surface area contributed by atoms with Crippen LogP contribution in [0.3, 0.4) is 0 Å². The monoisotopic (exact) mass is 323 g/mol. The first-order chi connectivity index (χ1) is 10.2. The SMILES string of the molecule is Nc1ccccc1OCC(O)CSCc1ccccc1Cl. The van der Waals surface area contributed by atoms with Gasteiger partial charge in [0.05, 0.1) is 11.8 Å². The molecule has 0 aliphatic heterocycles. The van der Waals surface area contributed by atoms with Crippen molar-refractivity contribution in [3.05, 3.63) is 59.1 Å². The Morgan fingerprint density at radius 2 is 1.86 bits per heavy atom. The Morgan fingerprint density at radius 1 is 1.14 bits per heavy atom. The minimum absolute atomic E-state index is 0.226. The lowest BCUT2D eigenvalue weighted by Crippen LogP contribution is -2.20. The number of hydrogen-bond donors (Lipinski definition) is 2. The Morgan fingerprint density at radius 3 is 2.62 bits per heavy atom. The van der Waals surface area contributed by atoms with Crippen molar-refractivity contribution in [2.75, 3.05) is 18.1 Å². The van der Waals surface area contributed by atoms with Crippen LogP contribution in [0.2, 0.25) is 5.02 Å². The number of nitrogens with two attached hydrogens (primary N) is 1. The molecule has 112 valence electrons. The van der Waals surface area contributed by atoms with Crippen molar-refractivity contribution in [3.8, 4) is 5.75 Å². The molecular formula is C16H18ClNO2S. The number of rotatable bonds is 7. The third-order valence-electron chi connectivity index (χ3n) is 2.88. The standard InChI is InChI=1S/C16H18ClNO2S/c17-14-6-2-1-5-12(14)10-21-11-13(19)9-20-16-8-4-3-7-15(16)18/h1-8,13,19H,9-11,18H2. The minimum atomic E-state index is -0.544. The number of hydrogen-bond acceptors (Lipinski definition) is 4. The van der Waals surface area contributed by atoms with Crippen LogP contribution < -0.4 is 10.5 Å². The van der Waals surface area contributed by atoms with Gasteiger partial charge in [0.25, 0.3) is 0 Å². The third-order valence-corrected chi connectivity index (χ3v) is 4.38. The highest BCUT2D eigenvalue weighted by atomic mass is 35.5. The maximum atomic E-state index is 9.93. The first-order valence-electron chi connectivity index (χ1n) is 6.63. The van der Waals surface area contributed by atoms with Crippen LogP contribution in [0.1, 0.15) is 5.56 Å². The van der Waals surface area contributed by atoms with E-state index in [1.165, 1.54) is 0 Å². The topological polar surface area (TPSA) is 55.5 Å². The summed E-state index contributed by atoms with van der Waals surface area (Å²) in [6, 6.07) is 15.0. The summed E-state index contributed by atoms with van der Waals surface area (Å²) in [7, 11) is 0. The van der Waals surface area contributed by atoms with Crippen LogP contribution in [0.15, 0.2) is 48.5 Å². The average molecular weight is 324 g/mol. The van der Waals surface area contributed by atoms with Gasteiger partial charge in [-0.1, -0.05) is 41.9 Å². The van der Waals surface area contributed by atoms with Crippen molar-refractivity contribution < 1.29 is 9.84 Å². The van der Waals surface area contributed by atoms with Crippen molar-refractivity contribution in [1.82, 2.24) is 0 Å². The number of benzene rings is 2. The summed E-state index contributed by atoms with van der Waals surface area (Å²) >= 11 is 7.71. The number of anilines is 1. The fourth-order valence-electron chi connectivity index (χ4n) is 1.77. The third kappa shape index (κ3) is 5.16. The van der Waals surface area contributed by atoms with Gasteiger partial charge < -0.3 is 15.6 Å². The second kappa shape index (κ2) is 8.17. The molecule has 0 radical (unpaired) electrons. The molecule has 1 atom stereocenters. The van der Waals surface area contributed by atoms with Gasteiger partial charge in [-0.3, -0.25) is 0 Å². The molecule has 0 aliphatic carbocycles. The van der Waals surface area contributed by atoms with Gasteiger partial charge in [-0.05, 0) is 23.8 Å². The predicted octanol–water partition coefficient (Wildman–Crippen LogP) is 3.60. The number of aliphatic hydroxyl groups is 1. The van der Waals surface area contributed by atoms with Crippen LogP contribution in [0, 0.1) is 0 Å². The number of ether oxygens (including phenoxy) is 1. The smallest absolute Gasteiger partial charge is 0.142 e. The molecule has 3 N–H and O–H groups in total. The number of thioether (sulfide) groups is 1. The zero-order valence-corrected chi connectivity index (χ0v) is 13.1. The Bertz CT molecular complexity index is 580. The summed E-state index contributed by atoms with van der Waals surface area (Å²) in [5, 5.41) is 10.7. The summed E-state index contributed by atoms with van der Waals surface area (Å²) in [5.41, 5.74) is 7.42. The van der Waals surface area contributed by atoms with E-state index < -0.39 is 6.10 Å². The molecule has 2 aromatic rings. The lowest BCUT2D eigenvalue weighted by molar-refractivity contribution is 0.127. The molecule has 0 bridgehead atoms. The largest absolute Gasteiger partial charge is 0.489 e.